The minimum absolute atomic E-state index is 0.0162. The van der Waals surface area contributed by atoms with Gasteiger partial charge in [-0.05, 0) is 34.1 Å². The monoisotopic (exact) mass is 258 g/mol. The van der Waals surface area contributed by atoms with E-state index in [0.29, 0.717) is 13.1 Å². The Morgan fingerprint density at radius 2 is 1.44 bits per heavy atom. The molecule has 0 rings (SSSR count). The summed E-state index contributed by atoms with van der Waals surface area (Å²) in [5.41, 5.74) is 0. The van der Waals surface area contributed by atoms with Crippen molar-refractivity contribution in [3.63, 3.8) is 0 Å². The lowest BCUT2D eigenvalue weighted by atomic mass is 10.2. The van der Waals surface area contributed by atoms with E-state index in [1.165, 1.54) is 0 Å². The van der Waals surface area contributed by atoms with E-state index in [-0.39, 0.29) is 24.5 Å². The Morgan fingerprint density at radius 1 is 1.00 bits per heavy atom. The van der Waals surface area contributed by atoms with Crippen LogP contribution in [0.25, 0.3) is 0 Å². The molecule has 0 saturated carbocycles. The van der Waals surface area contributed by atoms with Crippen LogP contribution in [0.1, 0.15) is 47.5 Å². The Hall–Kier alpha value is -1.26. The normalized spacial score (nSPS) is 13.8. The smallest absolute Gasteiger partial charge is 0.320 e. The molecule has 5 nitrogen and oxygen atoms in total. The molecule has 0 bridgehead atoms. The Kier molecular flexibility index (Phi) is 7.39. The summed E-state index contributed by atoms with van der Waals surface area (Å²) in [5.74, 6) is -0.875. The second-order valence-corrected chi connectivity index (χ2v) is 4.56. The van der Waals surface area contributed by atoms with E-state index in [0.717, 1.165) is 6.42 Å². The van der Waals surface area contributed by atoms with Gasteiger partial charge in [-0.2, -0.15) is 0 Å². The molecule has 0 aromatic carbocycles. The molecule has 18 heavy (non-hydrogen) atoms. The van der Waals surface area contributed by atoms with E-state index >= 15 is 0 Å². The van der Waals surface area contributed by atoms with Crippen LogP contribution in [0, 0.1) is 0 Å². The Morgan fingerprint density at radius 3 is 1.78 bits per heavy atom. The molecule has 2 amide bonds. The molecular weight excluding hydrogens is 232 g/mol. The first kappa shape index (κ1) is 16.7. The topological polar surface area (TPSA) is 60.9 Å². The second-order valence-electron chi connectivity index (χ2n) is 4.56. The van der Waals surface area contributed by atoms with Gasteiger partial charge >= 0.3 is 12.0 Å². The van der Waals surface area contributed by atoms with Crippen molar-refractivity contribution in [2.75, 3.05) is 13.1 Å². The number of carbonyl (C=O) groups excluding carboxylic acids is 1. The average molecular weight is 258 g/mol. The summed E-state index contributed by atoms with van der Waals surface area (Å²) >= 11 is 0. The SMILES string of the molecule is CCC(C)N(CC)C(=O)N(CC)C(C)CC(=O)O. The Bertz CT molecular complexity index is 281. The van der Waals surface area contributed by atoms with E-state index in [2.05, 4.69) is 0 Å². The summed E-state index contributed by atoms with van der Waals surface area (Å²) in [7, 11) is 0. The molecule has 2 unspecified atom stereocenters. The fraction of sp³-hybridized carbons (Fsp3) is 0.846. The van der Waals surface area contributed by atoms with E-state index in [1.807, 2.05) is 27.7 Å². The lowest BCUT2D eigenvalue weighted by Crippen LogP contribution is -2.50. The van der Waals surface area contributed by atoms with Crippen LogP contribution in [0.3, 0.4) is 0 Å². The summed E-state index contributed by atoms with van der Waals surface area (Å²) in [5, 5.41) is 8.81. The predicted molar refractivity (Wildman–Crippen MR) is 71.6 cm³/mol. The van der Waals surface area contributed by atoms with Crippen molar-refractivity contribution < 1.29 is 14.7 Å². The highest BCUT2D eigenvalue weighted by Gasteiger charge is 2.26. The second kappa shape index (κ2) is 7.95. The van der Waals surface area contributed by atoms with Crippen molar-refractivity contribution >= 4 is 12.0 Å². The lowest BCUT2D eigenvalue weighted by Gasteiger charge is -2.35. The van der Waals surface area contributed by atoms with Crippen molar-refractivity contribution in [2.45, 2.75) is 59.5 Å². The zero-order chi connectivity index (χ0) is 14.3. The molecular formula is C13H26N2O3. The largest absolute Gasteiger partial charge is 0.481 e. The van der Waals surface area contributed by atoms with Crippen LogP contribution < -0.4 is 0 Å². The zero-order valence-corrected chi connectivity index (χ0v) is 12.1. The van der Waals surface area contributed by atoms with Crippen LogP contribution in [0.5, 0.6) is 0 Å². The summed E-state index contributed by atoms with van der Waals surface area (Å²) in [6.07, 6.45) is 0.877. The molecule has 2 atom stereocenters. The van der Waals surface area contributed by atoms with Gasteiger partial charge in [0.2, 0.25) is 0 Å². The molecule has 0 fully saturated rings. The quantitative estimate of drug-likeness (QED) is 0.762. The Labute approximate surface area is 110 Å². The van der Waals surface area contributed by atoms with Crippen molar-refractivity contribution in [1.29, 1.82) is 0 Å². The van der Waals surface area contributed by atoms with E-state index in [1.54, 1.807) is 16.7 Å². The molecule has 0 aliphatic heterocycles. The first-order valence-corrected chi connectivity index (χ1v) is 6.67. The van der Waals surface area contributed by atoms with Crippen LogP contribution in [-0.2, 0) is 4.79 Å². The minimum atomic E-state index is -0.875. The summed E-state index contributed by atoms with van der Waals surface area (Å²) < 4.78 is 0. The molecule has 1 N–H and O–H groups in total. The molecule has 0 aromatic heterocycles. The van der Waals surface area contributed by atoms with E-state index < -0.39 is 5.97 Å². The van der Waals surface area contributed by atoms with Gasteiger partial charge < -0.3 is 14.9 Å². The van der Waals surface area contributed by atoms with Gasteiger partial charge in [-0.3, -0.25) is 4.79 Å². The third-order valence-corrected chi connectivity index (χ3v) is 3.30. The standard InChI is InChI=1S/C13H26N2O3/c1-6-10(4)14(7-2)13(18)15(8-3)11(5)9-12(16)17/h10-11H,6-9H2,1-5H3,(H,16,17). The zero-order valence-electron chi connectivity index (χ0n) is 12.1. The summed E-state index contributed by atoms with van der Waals surface area (Å²) in [4.78, 5) is 26.5. The fourth-order valence-corrected chi connectivity index (χ4v) is 2.02. The van der Waals surface area contributed by atoms with Crippen molar-refractivity contribution in [3.8, 4) is 0 Å². The molecule has 0 aliphatic rings. The third kappa shape index (κ3) is 4.55. The number of urea groups is 1. The van der Waals surface area contributed by atoms with Gasteiger partial charge in [0.05, 0.1) is 6.42 Å². The summed E-state index contributed by atoms with van der Waals surface area (Å²) in [6.45, 7) is 10.8. The van der Waals surface area contributed by atoms with E-state index in [9.17, 15) is 9.59 Å². The number of rotatable bonds is 7. The molecule has 0 saturated heterocycles. The number of carboxylic acid groups (broad SMARTS) is 1. The van der Waals surface area contributed by atoms with Crippen LogP contribution in [0.2, 0.25) is 0 Å². The predicted octanol–water partition coefficient (Wildman–Crippen LogP) is 2.41. The maximum Gasteiger partial charge on any atom is 0.320 e. The minimum Gasteiger partial charge on any atom is -0.481 e. The van der Waals surface area contributed by atoms with E-state index in [4.69, 9.17) is 5.11 Å². The number of carbonyl (C=O) groups is 2. The van der Waals surface area contributed by atoms with Gasteiger partial charge in [-0.25, -0.2) is 4.79 Å². The van der Waals surface area contributed by atoms with Crippen molar-refractivity contribution in [3.05, 3.63) is 0 Å². The van der Waals surface area contributed by atoms with Gasteiger partial charge in [0.1, 0.15) is 0 Å². The molecule has 0 aromatic rings. The maximum absolute atomic E-state index is 12.4. The number of amides is 2. The first-order valence-electron chi connectivity index (χ1n) is 6.67. The Balaban J connectivity index is 4.81. The molecule has 0 aliphatic carbocycles. The van der Waals surface area contributed by atoms with Gasteiger partial charge in [0.15, 0.2) is 0 Å². The number of carboxylic acids is 1. The number of nitrogens with zero attached hydrogens (tertiary/aromatic N) is 2. The molecule has 106 valence electrons. The van der Waals surface area contributed by atoms with Gasteiger partial charge in [0, 0.05) is 25.2 Å². The molecule has 0 spiro atoms. The molecule has 0 heterocycles. The van der Waals surface area contributed by atoms with Crippen LogP contribution in [0.15, 0.2) is 0 Å². The number of hydrogen-bond acceptors (Lipinski definition) is 2. The van der Waals surface area contributed by atoms with Crippen LogP contribution in [0.4, 0.5) is 4.79 Å². The molecule has 5 heteroatoms. The fourth-order valence-electron chi connectivity index (χ4n) is 2.02. The number of hydrogen-bond donors (Lipinski definition) is 1. The highest BCUT2D eigenvalue weighted by atomic mass is 16.4. The third-order valence-electron chi connectivity index (χ3n) is 3.30. The van der Waals surface area contributed by atoms with Crippen molar-refractivity contribution in [1.82, 2.24) is 9.80 Å². The van der Waals surface area contributed by atoms with Crippen LogP contribution in [-0.4, -0.2) is 52.1 Å². The summed E-state index contributed by atoms with van der Waals surface area (Å²) in [6, 6.07) is -0.171. The van der Waals surface area contributed by atoms with Crippen molar-refractivity contribution in [2.24, 2.45) is 0 Å². The average Bonchev–Trinajstić information content (AvgIpc) is 2.29. The lowest BCUT2D eigenvalue weighted by molar-refractivity contribution is -0.138. The highest BCUT2D eigenvalue weighted by molar-refractivity contribution is 5.76. The van der Waals surface area contributed by atoms with Gasteiger partial charge in [0.25, 0.3) is 0 Å². The van der Waals surface area contributed by atoms with Gasteiger partial charge in [-0.1, -0.05) is 6.92 Å². The van der Waals surface area contributed by atoms with Crippen LogP contribution >= 0.6 is 0 Å². The maximum atomic E-state index is 12.4. The van der Waals surface area contributed by atoms with Gasteiger partial charge in [-0.15, -0.1) is 0 Å². The first-order chi connectivity index (χ1) is 8.38. The molecule has 0 radical (unpaired) electrons. The highest BCUT2D eigenvalue weighted by Crippen LogP contribution is 2.12. The number of aliphatic carboxylic acids is 1.